The maximum atomic E-state index is 14.6. The Balaban J connectivity index is 1.69. The highest BCUT2D eigenvalue weighted by atomic mass is 19.2. The number of nitrogens with zero attached hydrogens (tertiary/aromatic N) is 1. The van der Waals surface area contributed by atoms with E-state index in [1.54, 1.807) is 13.8 Å². The Hall–Kier alpha value is -4.07. The third-order valence-corrected chi connectivity index (χ3v) is 7.23. The number of rotatable bonds is 1. The van der Waals surface area contributed by atoms with Crippen LogP contribution in [0.1, 0.15) is 43.0 Å². The third kappa shape index (κ3) is 2.46. The topological polar surface area (TPSA) is 37.4 Å². The Morgan fingerprint density at radius 2 is 1.14 bits per heavy atom. The number of aryl methyl sites for hydroxylation is 2. The van der Waals surface area contributed by atoms with Crippen molar-refractivity contribution in [2.75, 3.05) is 4.90 Å². The SMILES string of the molecule is Cc1cc2c3c(c(C)ccc3c1)-c1c(C)c3c(c(C)c1-2)C(=O)N(c1c(F)c(F)c(F)c(F)c1F)C3=O. The lowest BCUT2D eigenvalue weighted by atomic mass is 9.86. The van der Waals surface area contributed by atoms with Crippen LogP contribution in [0.3, 0.4) is 0 Å². The minimum absolute atomic E-state index is 0.0562. The van der Waals surface area contributed by atoms with Crippen LogP contribution in [0.2, 0.25) is 0 Å². The summed E-state index contributed by atoms with van der Waals surface area (Å²) in [4.78, 5) is 27.0. The fourth-order valence-corrected chi connectivity index (χ4v) is 5.73. The van der Waals surface area contributed by atoms with Gasteiger partial charge in [-0.25, -0.2) is 26.9 Å². The van der Waals surface area contributed by atoms with Crippen LogP contribution in [0.5, 0.6) is 0 Å². The Labute approximate surface area is 201 Å². The largest absolute Gasteiger partial charge is 0.268 e. The van der Waals surface area contributed by atoms with Gasteiger partial charge in [0.15, 0.2) is 23.3 Å². The van der Waals surface area contributed by atoms with Crippen molar-refractivity contribution < 1.29 is 31.5 Å². The fourth-order valence-electron chi connectivity index (χ4n) is 5.73. The van der Waals surface area contributed by atoms with E-state index in [2.05, 4.69) is 0 Å². The van der Waals surface area contributed by atoms with Crippen LogP contribution in [-0.2, 0) is 0 Å². The van der Waals surface area contributed by atoms with Crippen molar-refractivity contribution in [3.8, 4) is 22.3 Å². The molecule has 0 N–H and O–H groups in total. The van der Waals surface area contributed by atoms with Crippen molar-refractivity contribution in [2.45, 2.75) is 27.7 Å². The standard InChI is InChI=1S/C28H16F5NO2/c1-9-7-13-6-5-10(2)15-17-12(4)19-18(11(3)16(17)14(8-9)20(13)15)27(35)34(28(19)36)26-24(32)22(30)21(29)23(31)25(26)33/h5-8H,1-4H3. The molecule has 0 bridgehead atoms. The van der Waals surface area contributed by atoms with Crippen molar-refractivity contribution in [1.29, 1.82) is 0 Å². The molecular formula is C28H16F5NO2. The Bertz CT molecular complexity index is 1740. The molecule has 1 aliphatic heterocycles. The predicted octanol–water partition coefficient (Wildman–Crippen LogP) is 7.22. The van der Waals surface area contributed by atoms with Gasteiger partial charge in [-0.1, -0.05) is 24.3 Å². The number of carbonyl (C=O) groups is 2. The van der Waals surface area contributed by atoms with E-state index in [1.807, 2.05) is 38.1 Å². The number of carbonyl (C=O) groups excluding carboxylic acids is 2. The lowest BCUT2D eigenvalue weighted by Gasteiger charge is -2.17. The van der Waals surface area contributed by atoms with Crippen LogP contribution in [-0.4, -0.2) is 11.8 Å². The van der Waals surface area contributed by atoms with Crippen molar-refractivity contribution in [3.63, 3.8) is 0 Å². The van der Waals surface area contributed by atoms with Crippen LogP contribution in [0.25, 0.3) is 33.0 Å². The number of amides is 2. The predicted molar refractivity (Wildman–Crippen MR) is 125 cm³/mol. The molecule has 0 fully saturated rings. The van der Waals surface area contributed by atoms with Crippen LogP contribution in [0.15, 0.2) is 24.3 Å². The van der Waals surface area contributed by atoms with Gasteiger partial charge in [-0.15, -0.1) is 0 Å². The van der Waals surface area contributed by atoms with E-state index in [1.165, 1.54) is 0 Å². The summed E-state index contributed by atoms with van der Waals surface area (Å²) in [5, 5.41) is 1.96. The molecule has 4 aromatic rings. The second-order valence-corrected chi connectivity index (χ2v) is 9.28. The average Bonchev–Trinajstić information content (AvgIpc) is 3.31. The first-order chi connectivity index (χ1) is 17.0. The van der Waals surface area contributed by atoms with E-state index >= 15 is 0 Å². The van der Waals surface area contributed by atoms with Gasteiger partial charge >= 0.3 is 0 Å². The van der Waals surface area contributed by atoms with Crippen LogP contribution < -0.4 is 4.90 Å². The number of fused-ring (bicyclic) bond motifs is 4. The molecule has 4 aromatic carbocycles. The first-order valence-corrected chi connectivity index (χ1v) is 11.1. The van der Waals surface area contributed by atoms with Crippen molar-refractivity contribution in [1.82, 2.24) is 0 Å². The number of halogens is 5. The summed E-state index contributed by atoms with van der Waals surface area (Å²) in [7, 11) is 0. The van der Waals surface area contributed by atoms with Gasteiger partial charge in [-0.05, 0) is 83.0 Å². The zero-order valence-corrected chi connectivity index (χ0v) is 19.5. The molecule has 0 saturated carbocycles. The fraction of sp³-hybridized carbons (Fsp3) is 0.143. The molecule has 2 amide bonds. The minimum Gasteiger partial charge on any atom is -0.268 e. The van der Waals surface area contributed by atoms with Crippen molar-refractivity contribution in [3.05, 3.63) is 86.7 Å². The molecule has 0 saturated heterocycles. The third-order valence-electron chi connectivity index (χ3n) is 7.23. The molecule has 8 heteroatoms. The maximum Gasteiger partial charge on any atom is 0.266 e. The smallest absolute Gasteiger partial charge is 0.266 e. The van der Waals surface area contributed by atoms with E-state index in [4.69, 9.17) is 0 Å². The molecule has 1 aliphatic carbocycles. The summed E-state index contributed by atoms with van der Waals surface area (Å²) in [6, 6.07) is 7.95. The molecule has 6 rings (SSSR count). The van der Waals surface area contributed by atoms with Gasteiger partial charge in [0.1, 0.15) is 5.69 Å². The van der Waals surface area contributed by atoms with Crippen LogP contribution >= 0.6 is 0 Å². The highest BCUT2D eigenvalue weighted by molar-refractivity contribution is 6.37. The summed E-state index contributed by atoms with van der Waals surface area (Å²) in [6.45, 7) is 7.10. The highest BCUT2D eigenvalue weighted by Crippen LogP contribution is 2.54. The summed E-state index contributed by atoms with van der Waals surface area (Å²) >= 11 is 0. The Kier molecular flexibility index (Phi) is 4.35. The van der Waals surface area contributed by atoms with E-state index in [-0.39, 0.29) is 16.0 Å². The number of anilines is 1. The summed E-state index contributed by atoms with van der Waals surface area (Å²) < 4.78 is 70.8. The first kappa shape index (κ1) is 22.4. The normalized spacial score (nSPS) is 13.8. The molecular weight excluding hydrogens is 477 g/mol. The second-order valence-electron chi connectivity index (χ2n) is 9.28. The lowest BCUT2D eigenvalue weighted by Crippen LogP contribution is -2.32. The zero-order chi connectivity index (χ0) is 26.0. The van der Waals surface area contributed by atoms with E-state index < -0.39 is 46.6 Å². The Morgan fingerprint density at radius 1 is 0.611 bits per heavy atom. The molecule has 180 valence electrons. The second kappa shape index (κ2) is 7.00. The molecule has 2 aliphatic rings. The molecule has 0 unspecified atom stereocenters. The molecule has 0 spiro atoms. The van der Waals surface area contributed by atoms with Gasteiger partial charge in [0.2, 0.25) is 5.82 Å². The van der Waals surface area contributed by atoms with Crippen LogP contribution in [0.4, 0.5) is 27.6 Å². The first-order valence-electron chi connectivity index (χ1n) is 11.1. The zero-order valence-electron chi connectivity index (χ0n) is 19.5. The lowest BCUT2D eigenvalue weighted by molar-refractivity contribution is 0.0922. The van der Waals surface area contributed by atoms with Crippen molar-refractivity contribution in [2.24, 2.45) is 0 Å². The van der Waals surface area contributed by atoms with Gasteiger partial charge in [0.25, 0.3) is 11.8 Å². The van der Waals surface area contributed by atoms with Crippen LogP contribution in [0, 0.1) is 56.8 Å². The molecule has 36 heavy (non-hydrogen) atoms. The molecule has 1 heterocycles. The van der Waals surface area contributed by atoms with Crippen molar-refractivity contribution >= 4 is 28.3 Å². The average molecular weight is 493 g/mol. The van der Waals surface area contributed by atoms with Gasteiger partial charge in [-0.3, -0.25) is 9.59 Å². The number of benzene rings is 4. The van der Waals surface area contributed by atoms with E-state index in [0.717, 1.165) is 38.6 Å². The number of hydrogen-bond acceptors (Lipinski definition) is 2. The number of imide groups is 1. The minimum atomic E-state index is -2.37. The quantitative estimate of drug-likeness (QED) is 0.107. The van der Waals surface area contributed by atoms with Gasteiger partial charge < -0.3 is 0 Å². The highest BCUT2D eigenvalue weighted by Gasteiger charge is 2.46. The monoisotopic (exact) mass is 493 g/mol. The summed E-state index contributed by atoms with van der Waals surface area (Å²) in [6.07, 6.45) is 0. The summed E-state index contributed by atoms with van der Waals surface area (Å²) in [5.41, 5.74) is 4.09. The molecule has 0 aromatic heterocycles. The summed E-state index contributed by atoms with van der Waals surface area (Å²) in [5.74, 6) is -13.6. The van der Waals surface area contributed by atoms with Gasteiger partial charge in [0.05, 0.1) is 11.1 Å². The molecule has 3 nitrogen and oxygen atoms in total. The van der Waals surface area contributed by atoms with E-state index in [0.29, 0.717) is 16.7 Å². The Morgan fingerprint density at radius 3 is 1.72 bits per heavy atom. The van der Waals surface area contributed by atoms with E-state index in [9.17, 15) is 31.5 Å². The molecule has 0 atom stereocenters. The molecule has 0 radical (unpaired) electrons. The van der Waals surface area contributed by atoms with Gasteiger partial charge in [-0.2, -0.15) is 0 Å². The maximum absolute atomic E-state index is 14.6. The number of hydrogen-bond donors (Lipinski definition) is 0. The van der Waals surface area contributed by atoms with Gasteiger partial charge in [0, 0.05) is 0 Å².